The van der Waals surface area contributed by atoms with E-state index in [1.165, 1.54) is 12.1 Å². The Morgan fingerprint density at radius 3 is 2.27 bits per heavy atom. The van der Waals surface area contributed by atoms with Gasteiger partial charge in [0, 0.05) is 24.5 Å². The lowest BCUT2D eigenvalue weighted by Gasteiger charge is -2.23. The summed E-state index contributed by atoms with van der Waals surface area (Å²) >= 11 is 0. The van der Waals surface area contributed by atoms with Crippen LogP contribution >= 0.6 is 0 Å². The highest BCUT2D eigenvalue weighted by Crippen LogP contribution is 2.16. The van der Waals surface area contributed by atoms with Gasteiger partial charge in [-0.2, -0.15) is 0 Å². The third kappa shape index (κ3) is 5.03. The van der Waals surface area contributed by atoms with Gasteiger partial charge in [0.15, 0.2) is 0 Å². The SMILES string of the molecule is C[Si](C)(OCc1ccc([N+](=O)[O-])cc1)OCc1cccnc1. The molecule has 0 aliphatic rings. The van der Waals surface area contributed by atoms with Crippen LogP contribution in [0.4, 0.5) is 5.69 Å². The Balaban J connectivity index is 1.85. The van der Waals surface area contributed by atoms with Gasteiger partial charge in [-0.3, -0.25) is 15.1 Å². The van der Waals surface area contributed by atoms with Crippen LogP contribution in [-0.4, -0.2) is 18.5 Å². The summed E-state index contributed by atoms with van der Waals surface area (Å²) < 4.78 is 11.7. The molecule has 7 heteroatoms. The highest BCUT2D eigenvalue weighted by Gasteiger charge is 2.24. The van der Waals surface area contributed by atoms with E-state index in [1.54, 1.807) is 24.5 Å². The van der Waals surface area contributed by atoms with E-state index < -0.39 is 13.5 Å². The number of nitro groups is 1. The zero-order valence-corrected chi connectivity index (χ0v) is 13.6. The van der Waals surface area contributed by atoms with Crippen LogP contribution in [0, 0.1) is 10.1 Å². The first-order chi connectivity index (χ1) is 10.5. The van der Waals surface area contributed by atoms with Gasteiger partial charge >= 0.3 is 8.56 Å². The average Bonchev–Trinajstić information content (AvgIpc) is 2.53. The van der Waals surface area contributed by atoms with Crippen LogP contribution in [0.25, 0.3) is 0 Å². The van der Waals surface area contributed by atoms with Crippen molar-refractivity contribution in [3.05, 3.63) is 70.0 Å². The number of aromatic nitrogens is 1. The van der Waals surface area contributed by atoms with E-state index in [2.05, 4.69) is 4.98 Å². The molecule has 0 saturated carbocycles. The Kier molecular flexibility index (Phi) is 5.37. The summed E-state index contributed by atoms with van der Waals surface area (Å²) in [6, 6.07) is 10.2. The molecular formula is C15H18N2O4Si. The largest absolute Gasteiger partial charge is 0.390 e. The molecule has 22 heavy (non-hydrogen) atoms. The molecule has 1 heterocycles. The maximum absolute atomic E-state index is 10.6. The number of non-ortho nitro benzene ring substituents is 1. The van der Waals surface area contributed by atoms with Crippen LogP contribution in [0.3, 0.4) is 0 Å². The molecule has 0 spiro atoms. The molecule has 1 aromatic heterocycles. The Bertz CT molecular complexity index is 617. The molecule has 2 rings (SSSR count). The van der Waals surface area contributed by atoms with Gasteiger partial charge in [0.2, 0.25) is 0 Å². The molecule has 0 saturated heterocycles. The van der Waals surface area contributed by atoms with Crippen molar-refractivity contribution in [3.8, 4) is 0 Å². The number of hydrogen-bond acceptors (Lipinski definition) is 5. The Hall–Kier alpha value is -2.09. The highest BCUT2D eigenvalue weighted by atomic mass is 28.4. The Labute approximate surface area is 130 Å². The van der Waals surface area contributed by atoms with Crippen LogP contribution in [0.5, 0.6) is 0 Å². The molecule has 0 atom stereocenters. The monoisotopic (exact) mass is 318 g/mol. The van der Waals surface area contributed by atoms with E-state index >= 15 is 0 Å². The molecule has 6 nitrogen and oxygen atoms in total. The quantitative estimate of drug-likeness (QED) is 0.444. The van der Waals surface area contributed by atoms with Gasteiger partial charge in [-0.15, -0.1) is 0 Å². The summed E-state index contributed by atoms with van der Waals surface area (Å²) in [6.45, 7) is 4.78. The van der Waals surface area contributed by atoms with Crippen LogP contribution < -0.4 is 0 Å². The first kappa shape index (κ1) is 16.3. The van der Waals surface area contributed by atoms with Gasteiger partial charge in [-0.1, -0.05) is 6.07 Å². The number of nitrogens with zero attached hydrogens (tertiary/aromatic N) is 2. The highest BCUT2D eigenvalue weighted by molar-refractivity contribution is 6.64. The number of pyridine rings is 1. The molecule has 0 fully saturated rings. The zero-order chi connectivity index (χ0) is 16.0. The lowest BCUT2D eigenvalue weighted by molar-refractivity contribution is -0.384. The summed E-state index contributed by atoms with van der Waals surface area (Å²) in [5, 5.41) is 10.6. The van der Waals surface area contributed by atoms with Gasteiger partial charge in [0.05, 0.1) is 18.1 Å². The minimum absolute atomic E-state index is 0.0769. The first-order valence-electron chi connectivity index (χ1n) is 6.86. The maximum atomic E-state index is 10.6. The zero-order valence-electron chi connectivity index (χ0n) is 12.6. The van der Waals surface area contributed by atoms with E-state index in [-0.39, 0.29) is 5.69 Å². The van der Waals surface area contributed by atoms with E-state index in [4.69, 9.17) is 8.85 Å². The van der Waals surface area contributed by atoms with Crippen molar-refractivity contribution in [1.82, 2.24) is 4.98 Å². The molecule has 0 unspecified atom stereocenters. The van der Waals surface area contributed by atoms with Gasteiger partial charge in [-0.05, 0) is 42.4 Å². The Morgan fingerprint density at radius 2 is 1.73 bits per heavy atom. The number of rotatable bonds is 7. The molecule has 2 aromatic rings. The molecular weight excluding hydrogens is 300 g/mol. The summed E-state index contributed by atoms with van der Waals surface area (Å²) in [5.41, 5.74) is 1.96. The van der Waals surface area contributed by atoms with Gasteiger partial charge in [0.25, 0.3) is 5.69 Å². The fourth-order valence-electron chi connectivity index (χ4n) is 1.75. The van der Waals surface area contributed by atoms with Gasteiger partial charge < -0.3 is 8.85 Å². The molecule has 116 valence electrons. The normalized spacial score (nSPS) is 11.4. The standard InChI is InChI=1S/C15H18N2O4Si/c1-22(2,21-12-14-4-3-9-16-10-14)20-11-13-5-7-15(8-6-13)17(18)19/h3-10H,11-12H2,1-2H3. The van der Waals surface area contributed by atoms with E-state index in [9.17, 15) is 10.1 Å². The average molecular weight is 318 g/mol. The molecule has 0 amide bonds. The van der Waals surface area contributed by atoms with E-state index in [0.717, 1.165) is 11.1 Å². The second-order valence-electron chi connectivity index (χ2n) is 5.26. The van der Waals surface area contributed by atoms with Crippen LogP contribution in [-0.2, 0) is 22.1 Å². The van der Waals surface area contributed by atoms with E-state index in [0.29, 0.717) is 13.2 Å². The van der Waals surface area contributed by atoms with Crippen molar-refractivity contribution in [3.63, 3.8) is 0 Å². The van der Waals surface area contributed by atoms with Crippen molar-refractivity contribution in [2.24, 2.45) is 0 Å². The van der Waals surface area contributed by atoms with Crippen LogP contribution in [0.1, 0.15) is 11.1 Å². The smallest absolute Gasteiger partial charge is 0.332 e. The molecule has 0 aliphatic heterocycles. The number of nitro benzene ring substituents is 1. The minimum Gasteiger partial charge on any atom is -0.390 e. The fraction of sp³-hybridized carbons (Fsp3) is 0.267. The van der Waals surface area contributed by atoms with Crippen molar-refractivity contribution in [2.45, 2.75) is 26.3 Å². The van der Waals surface area contributed by atoms with Crippen LogP contribution in [0.15, 0.2) is 48.8 Å². The molecule has 0 N–H and O–H groups in total. The fourth-order valence-corrected chi connectivity index (χ4v) is 2.87. The third-order valence-corrected chi connectivity index (χ3v) is 4.72. The molecule has 1 aromatic carbocycles. The lowest BCUT2D eigenvalue weighted by Crippen LogP contribution is -2.34. The predicted molar refractivity (Wildman–Crippen MR) is 84.4 cm³/mol. The summed E-state index contributed by atoms with van der Waals surface area (Å²) in [5.74, 6) is 0. The topological polar surface area (TPSA) is 74.5 Å². The van der Waals surface area contributed by atoms with Crippen LogP contribution in [0.2, 0.25) is 13.1 Å². The number of benzene rings is 1. The van der Waals surface area contributed by atoms with Crippen molar-refractivity contribution in [1.29, 1.82) is 0 Å². The van der Waals surface area contributed by atoms with Crippen molar-refractivity contribution in [2.75, 3.05) is 0 Å². The molecule has 0 bridgehead atoms. The third-order valence-electron chi connectivity index (χ3n) is 3.04. The number of hydrogen-bond donors (Lipinski definition) is 0. The van der Waals surface area contributed by atoms with Crippen molar-refractivity contribution >= 4 is 14.2 Å². The Morgan fingerprint density at radius 1 is 1.09 bits per heavy atom. The first-order valence-corrected chi connectivity index (χ1v) is 9.68. The minimum atomic E-state index is -2.27. The van der Waals surface area contributed by atoms with Gasteiger partial charge in [-0.25, -0.2) is 0 Å². The van der Waals surface area contributed by atoms with Crippen molar-refractivity contribution < 1.29 is 13.8 Å². The molecule has 0 aliphatic carbocycles. The second-order valence-corrected chi connectivity index (χ2v) is 8.64. The van der Waals surface area contributed by atoms with Gasteiger partial charge in [0.1, 0.15) is 0 Å². The maximum Gasteiger partial charge on any atom is 0.332 e. The summed E-state index contributed by atoms with van der Waals surface area (Å²) in [7, 11) is -2.27. The summed E-state index contributed by atoms with van der Waals surface area (Å²) in [4.78, 5) is 14.2. The lowest BCUT2D eigenvalue weighted by atomic mass is 10.2. The predicted octanol–water partition coefficient (Wildman–Crippen LogP) is 3.43. The molecule has 0 radical (unpaired) electrons. The summed E-state index contributed by atoms with van der Waals surface area (Å²) in [6.07, 6.45) is 3.48. The second kappa shape index (κ2) is 7.26. The van der Waals surface area contributed by atoms with E-state index in [1.807, 2.05) is 25.2 Å².